The number of allylic oxidation sites excluding steroid dienone is 8. The van der Waals surface area contributed by atoms with Crippen LogP contribution in [0.2, 0.25) is 0 Å². The third-order valence-electron chi connectivity index (χ3n) is 16.7. The van der Waals surface area contributed by atoms with Crippen LogP contribution >= 0.6 is 0 Å². The summed E-state index contributed by atoms with van der Waals surface area (Å²) in [6.45, 7) is 8.89. The molecule has 0 aliphatic heterocycles. The van der Waals surface area contributed by atoms with E-state index in [4.69, 9.17) is 0 Å². The van der Waals surface area contributed by atoms with Gasteiger partial charge in [0, 0.05) is 5.92 Å². The molecular formula is C71H74. The fourth-order valence-corrected chi connectivity index (χ4v) is 12.3. The minimum atomic E-state index is 0.462. The van der Waals surface area contributed by atoms with E-state index in [1.807, 2.05) is 0 Å². The van der Waals surface area contributed by atoms with Crippen LogP contribution < -0.4 is 0 Å². The molecule has 0 amide bonds. The van der Waals surface area contributed by atoms with Crippen molar-refractivity contribution in [2.45, 2.75) is 117 Å². The van der Waals surface area contributed by atoms with E-state index in [-0.39, 0.29) is 0 Å². The number of aryl methyl sites for hydroxylation is 4. The van der Waals surface area contributed by atoms with Crippen molar-refractivity contribution >= 4 is 5.57 Å². The first-order valence-electron chi connectivity index (χ1n) is 27.1. The summed E-state index contributed by atoms with van der Waals surface area (Å²) < 4.78 is 0. The lowest BCUT2D eigenvalue weighted by atomic mass is 9.66. The highest BCUT2D eigenvalue weighted by atomic mass is 14.4. The lowest BCUT2D eigenvalue weighted by molar-refractivity contribution is 0.198. The summed E-state index contributed by atoms with van der Waals surface area (Å²) in [6, 6.07) is 67.1. The zero-order valence-corrected chi connectivity index (χ0v) is 42.9. The largest absolute Gasteiger partial charge is 0.0730 e. The predicted octanol–water partition coefficient (Wildman–Crippen LogP) is 19.1. The van der Waals surface area contributed by atoms with Crippen LogP contribution in [0.5, 0.6) is 0 Å². The Morgan fingerprint density at radius 2 is 0.845 bits per heavy atom. The second-order valence-electron chi connectivity index (χ2n) is 21.7. The van der Waals surface area contributed by atoms with Gasteiger partial charge in [-0.15, -0.1) is 0 Å². The molecule has 10 rings (SSSR count). The van der Waals surface area contributed by atoms with Crippen LogP contribution in [0.4, 0.5) is 0 Å². The number of hydrogen-bond donors (Lipinski definition) is 0. The fourth-order valence-electron chi connectivity index (χ4n) is 12.3. The van der Waals surface area contributed by atoms with E-state index in [0.717, 1.165) is 38.5 Å². The van der Waals surface area contributed by atoms with Gasteiger partial charge in [0.15, 0.2) is 0 Å². The molecule has 0 spiro atoms. The Balaban J connectivity index is 0.918. The average Bonchev–Trinajstić information content (AvgIpc) is 3.42. The monoisotopic (exact) mass is 927 g/mol. The molecule has 1 saturated carbocycles. The quantitative estimate of drug-likeness (QED) is 0.0906. The number of benzene rings is 7. The molecule has 0 heterocycles. The molecule has 7 aromatic carbocycles. The fraction of sp³-hybridized carbons (Fsp3) is 0.296. The SMILES string of the molecule is CC1=CC=C(C(CCc2ccc(CC(C3=CC=C(c4cc(-c5ccccc5)cc(-c5ccccc5)c4)CC3)C3CCC(C(Cc4ccc(C)cc4)c4ccc(C)cc4)CC3)cc2)c2ccc(C)cc2)CC1. The van der Waals surface area contributed by atoms with Gasteiger partial charge in [-0.05, 0) is 208 Å². The van der Waals surface area contributed by atoms with Crippen molar-refractivity contribution in [2.75, 3.05) is 0 Å². The Kier molecular flexibility index (Phi) is 15.4. The zero-order chi connectivity index (χ0) is 48.5. The van der Waals surface area contributed by atoms with Crippen molar-refractivity contribution in [2.24, 2.45) is 17.8 Å². The van der Waals surface area contributed by atoms with Crippen LogP contribution in [0.1, 0.15) is 127 Å². The third kappa shape index (κ3) is 12.2. The lowest BCUT2D eigenvalue weighted by Gasteiger charge is -2.39. The Hall–Kier alpha value is -6.50. The molecule has 0 heteroatoms. The molecule has 3 atom stereocenters. The molecule has 0 nitrogen and oxygen atoms in total. The zero-order valence-electron chi connectivity index (χ0n) is 42.9. The molecular weight excluding hydrogens is 853 g/mol. The molecule has 3 unspecified atom stereocenters. The maximum absolute atomic E-state index is 2.57. The van der Waals surface area contributed by atoms with Gasteiger partial charge >= 0.3 is 0 Å². The lowest BCUT2D eigenvalue weighted by Crippen LogP contribution is -2.28. The molecule has 7 aromatic rings. The predicted molar refractivity (Wildman–Crippen MR) is 304 cm³/mol. The topological polar surface area (TPSA) is 0 Å². The summed E-state index contributed by atoms with van der Waals surface area (Å²) >= 11 is 0. The minimum Gasteiger partial charge on any atom is -0.0730 e. The van der Waals surface area contributed by atoms with Gasteiger partial charge in [-0.2, -0.15) is 0 Å². The molecule has 1 fully saturated rings. The van der Waals surface area contributed by atoms with Gasteiger partial charge < -0.3 is 0 Å². The van der Waals surface area contributed by atoms with E-state index in [1.165, 1.54) is 122 Å². The van der Waals surface area contributed by atoms with E-state index < -0.39 is 0 Å². The van der Waals surface area contributed by atoms with Gasteiger partial charge in [0.2, 0.25) is 0 Å². The van der Waals surface area contributed by atoms with E-state index in [9.17, 15) is 0 Å². The first kappa shape index (κ1) is 48.1. The summed E-state index contributed by atoms with van der Waals surface area (Å²) in [5.74, 6) is 2.89. The van der Waals surface area contributed by atoms with Crippen molar-refractivity contribution in [3.63, 3.8) is 0 Å². The smallest absolute Gasteiger partial charge is 0.00545 e. The highest BCUT2D eigenvalue weighted by Crippen LogP contribution is 2.46. The van der Waals surface area contributed by atoms with Gasteiger partial charge in [-0.3, -0.25) is 0 Å². The third-order valence-corrected chi connectivity index (χ3v) is 16.7. The van der Waals surface area contributed by atoms with Crippen molar-refractivity contribution in [1.82, 2.24) is 0 Å². The molecule has 3 aliphatic rings. The maximum atomic E-state index is 2.57. The summed E-state index contributed by atoms with van der Waals surface area (Å²) in [7, 11) is 0. The van der Waals surface area contributed by atoms with Gasteiger partial charge in [-0.25, -0.2) is 0 Å². The first-order chi connectivity index (χ1) is 34.8. The van der Waals surface area contributed by atoms with Crippen LogP contribution in [-0.4, -0.2) is 0 Å². The number of hydrogen-bond acceptors (Lipinski definition) is 0. The van der Waals surface area contributed by atoms with Gasteiger partial charge in [0.1, 0.15) is 0 Å². The number of rotatable bonds is 16. The second kappa shape index (κ2) is 22.7. The molecule has 0 bridgehead atoms. The molecule has 71 heavy (non-hydrogen) atoms. The van der Waals surface area contributed by atoms with Gasteiger partial charge in [0.05, 0.1) is 0 Å². The van der Waals surface area contributed by atoms with Crippen LogP contribution in [-0.2, 0) is 19.3 Å². The summed E-state index contributed by atoms with van der Waals surface area (Å²) in [5, 5.41) is 0. The molecule has 3 aliphatic carbocycles. The van der Waals surface area contributed by atoms with Crippen LogP contribution in [0.3, 0.4) is 0 Å². The van der Waals surface area contributed by atoms with Crippen LogP contribution in [0.15, 0.2) is 217 Å². The standard InChI is InChI=1S/C71H74/c1-50-15-23-55(24-16-50)45-70(62-34-21-53(4)22-35-62)64-40-42-65(43-41-64)71(46-56-27-25-54(26-28-56)29-44-69(60-30-17-51(2)18-31-60)61-32-19-52(3)20-33-61)63-38-36-59(37-39-63)68-48-66(57-11-7-5-8-12-57)47-67(49-68)58-13-9-6-10-14-58/h5-19,21-28,30-32,34-36,38,47-49,64-65,69-71H,20,29,33,37,39-46H2,1-4H3. The molecule has 0 radical (unpaired) electrons. The molecule has 0 saturated heterocycles. The van der Waals surface area contributed by atoms with Gasteiger partial charge in [-0.1, -0.05) is 215 Å². The Labute approximate surface area is 427 Å². The van der Waals surface area contributed by atoms with Crippen molar-refractivity contribution < 1.29 is 0 Å². The average molecular weight is 927 g/mol. The highest BCUT2D eigenvalue weighted by Gasteiger charge is 2.34. The Morgan fingerprint density at radius 1 is 0.380 bits per heavy atom. The van der Waals surface area contributed by atoms with Crippen LogP contribution in [0.25, 0.3) is 27.8 Å². The van der Waals surface area contributed by atoms with Crippen molar-refractivity contribution in [3.05, 3.63) is 267 Å². The maximum Gasteiger partial charge on any atom is 0.00545 e. The van der Waals surface area contributed by atoms with E-state index in [0.29, 0.717) is 29.6 Å². The molecule has 358 valence electrons. The highest BCUT2D eigenvalue weighted by molar-refractivity contribution is 5.81. The summed E-state index contributed by atoms with van der Waals surface area (Å²) in [6.07, 6.45) is 24.0. The normalized spacial score (nSPS) is 18.4. The first-order valence-corrected chi connectivity index (χ1v) is 27.1. The van der Waals surface area contributed by atoms with Crippen LogP contribution in [0, 0.1) is 38.5 Å². The summed E-state index contributed by atoms with van der Waals surface area (Å²) in [4.78, 5) is 0. The molecule has 0 N–H and O–H groups in total. The Morgan fingerprint density at radius 3 is 1.38 bits per heavy atom. The van der Waals surface area contributed by atoms with E-state index in [1.54, 1.807) is 11.1 Å². The molecule has 0 aromatic heterocycles. The van der Waals surface area contributed by atoms with Crippen molar-refractivity contribution in [1.29, 1.82) is 0 Å². The van der Waals surface area contributed by atoms with E-state index in [2.05, 4.69) is 228 Å². The second-order valence-corrected chi connectivity index (χ2v) is 21.7. The van der Waals surface area contributed by atoms with E-state index >= 15 is 0 Å². The minimum absolute atomic E-state index is 0.462. The Bertz CT molecular complexity index is 2910. The van der Waals surface area contributed by atoms with Gasteiger partial charge in [0.25, 0.3) is 0 Å². The van der Waals surface area contributed by atoms with Crippen molar-refractivity contribution in [3.8, 4) is 22.3 Å². The summed E-state index contributed by atoms with van der Waals surface area (Å²) in [5.41, 5.74) is 24.0.